The average Bonchev–Trinajstić information content (AvgIpc) is 3.11. The maximum absolute atomic E-state index is 13.7. The first-order valence-electron chi connectivity index (χ1n) is 10.7. The van der Waals surface area contributed by atoms with E-state index in [4.69, 9.17) is 9.47 Å². The topological polar surface area (TPSA) is 93.1 Å². The van der Waals surface area contributed by atoms with E-state index in [1.54, 1.807) is 60.7 Å². The van der Waals surface area contributed by atoms with Crippen LogP contribution < -0.4 is 14.4 Å². The predicted octanol–water partition coefficient (Wildman–Crippen LogP) is 4.73. The Kier molecular flexibility index (Phi) is 6.34. The van der Waals surface area contributed by atoms with Crippen LogP contribution in [0, 0.1) is 6.92 Å². The highest BCUT2D eigenvalue weighted by molar-refractivity contribution is 7.95. The van der Waals surface area contributed by atoms with Crippen LogP contribution >= 0.6 is 0 Å². The monoisotopic (exact) mass is 479 g/mol. The van der Waals surface area contributed by atoms with Crippen molar-refractivity contribution in [1.29, 1.82) is 0 Å². The maximum Gasteiger partial charge on any atom is 0.295 e. The van der Waals surface area contributed by atoms with Crippen molar-refractivity contribution in [3.63, 3.8) is 0 Å². The highest BCUT2D eigenvalue weighted by Gasteiger charge is 2.47. The molecule has 1 aliphatic rings. The first kappa shape index (κ1) is 23.4. The van der Waals surface area contributed by atoms with E-state index in [2.05, 4.69) is 0 Å². The van der Waals surface area contributed by atoms with Crippen LogP contribution in [0.3, 0.4) is 0 Å². The fourth-order valence-corrected chi connectivity index (χ4v) is 5.55. The number of ether oxygens (including phenoxy) is 2. The van der Waals surface area contributed by atoms with E-state index >= 15 is 0 Å². The molecule has 0 bridgehead atoms. The molecule has 0 aromatic heterocycles. The van der Waals surface area contributed by atoms with E-state index in [1.807, 2.05) is 13.8 Å². The number of methoxy groups -OCH3 is 1. The Hall–Kier alpha value is -3.78. The number of hydrogen-bond acceptors (Lipinski definition) is 6. The summed E-state index contributed by atoms with van der Waals surface area (Å²) in [6, 6.07) is 18.7. The van der Waals surface area contributed by atoms with E-state index < -0.39 is 27.5 Å². The van der Waals surface area contributed by atoms with Crippen LogP contribution in [0.1, 0.15) is 24.1 Å². The smallest absolute Gasteiger partial charge is 0.295 e. The molecule has 1 heterocycles. The number of amides is 1. The summed E-state index contributed by atoms with van der Waals surface area (Å²) in [7, 11) is -2.67. The second-order valence-electron chi connectivity index (χ2n) is 7.81. The van der Waals surface area contributed by atoms with Gasteiger partial charge in [0.1, 0.15) is 22.4 Å². The van der Waals surface area contributed by atoms with Gasteiger partial charge in [-0.25, -0.2) is 8.42 Å². The highest BCUT2D eigenvalue weighted by Crippen LogP contribution is 2.45. The number of anilines is 1. The number of aryl methyl sites for hydroxylation is 1. The summed E-state index contributed by atoms with van der Waals surface area (Å²) in [4.78, 5) is 14.2. The zero-order chi connectivity index (χ0) is 24.5. The molecule has 176 valence electrons. The van der Waals surface area contributed by atoms with Crippen LogP contribution in [0.4, 0.5) is 5.69 Å². The largest absolute Gasteiger partial charge is 0.502 e. The van der Waals surface area contributed by atoms with Crippen LogP contribution in [0.5, 0.6) is 11.5 Å². The van der Waals surface area contributed by atoms with E-state index in [-0.39, 0.29) is 9.80 Å². The molecule has 1 N–H and O–H groups in total. The first-order valence-corrected chi connectivity index (χ1v) is 12.2. The van der Waals surface area contributed by atoms with Crippen LogP contribution in [-0.4, -0.2) is 33.1 Å². The van der Waals surface area contributed by atoms with Gasteiger partial charge in [0.25, 0.3) is 5.91 Å². The lowest BCUT2D eigenvalue weighted by Crippen LogP contribution is -2.31. The third-order valence-electron chi connectivity index (χ3n) is 5.64. The number of aliphatic hydroxyl groups excluding tert-OH is 1. The molecule has 3 aromatic rings. The Morgan fingerprint density at radius 3 is 2.06 bits per heavy atom. The fourth-order valence-electron chi connectivity index (χ4n) is 3.92. The van der Waals surface area contributed by atoms with Crippen molar-refractivity contribution in [1.82, 2.24) is 0 Å². The number of nitrogens with zero attached hydrogens (tertiary/aromatic N) is 1. The van der Waals surface area contributed by atoms with Crippen LogP contribution in [0.2, 0.25) is 0 Å². The number of benzene rings is 3. The van der Waals surface area contributed by atoms with E-state index in [1.165, 1.54) is 24.1 Å². The summed E-state index contributed by atoms with van der Waals surface area (Å²) < 4.78 is 38.1. The van der Waals surface area contributed by atoms with E-state index in [0.29, 0.717) is 29.4 Å². The van der Waals surface area contributed by atoms with E-state index in [9.17, 15) is 18.3 Å². The number of sulfone groups is 1. The minimum atomic E-state index is -4.20. The molecule has 0 fully saturated rings. The van der Waals surface area contributed by atoms with Gasteiger partial charge in [-0.1, -0.05) is 29.8 Å². The van der Waals surface area contributed by atoms with Gasteiger partial charge in [-0.05, 0) is 67.9 Å². The van der Waals surface area contributed by atoms with Gasteiger partial charge in [0, 0.05) is 5.69 Å². The Bertz CT molecular complexity index is 1330. The quantitative estimate of drug-likeness (QED) is 0.526. The fraction of sp³-hybridized carbons (Fsp3) is 0.192. The molecule has 34 heavy (non-hydrogen) atoms. The predicted molar refractivity (Wildman–Crippen MR) is 129 cm³/mol. The van der Waals surface area contributed by atoms with Crippen molar-refractivity contribution in [3.8, 4) is 11.5 Å². The van der Waals surface area contributed by atoms with Crippen molar-refractivity contribution < 1.29 is 27.8 Å². The Labute approximate surface area is 198 Å². The van der Waals surface area contributed by atoms with Crippen LogP contribution in [-0.2, 0) is 14.6 Å². The lowest BCUT2D eigenvalue weighted by Gasteiger charge is -2.27. The molecule has 8 heteroatoms. The molecule has 0 saturated carbocycles. The van der Waals surface area contributed by atoms with Crippen molar-refractivity contribution >= 4 is 21.4 Å². The summed E-state index contributed by atoms with van der Waals surface area (Å²) in [5.41, 5.74) is 1.83. The zero-order valence-corrected chi connectivity index (χ0v) is 19.9. The number of carbonyl (C=O) groups excluding carboxylic acids is 1. The van der Waals surface area contributed by atoms with E-state index in [0.717, 1.165) is 5.56 Å². The van der Waals surface area contributed by atoms with Crippen LogP contribution in [0.15, 0.2) is 88.4 Å². The molecule has 0 radical (unpaired) electrons. The van der Waals surface area contributed by atoms with Gasteiger partial charge in [0.05, 0.1) is 18.6 Å². The average molecular weight is 480 g/mol. The number of carbonyl (C=O) groups is 1. The molecule has 1 amide bonds. The van der Waals surface area contributed by atoms with Gasteiger partial charge in [-0.2, -0.15) is 0 Å². The molecule has 0 unspecified atom stereocenters. The minimum absolute atomic E-state index is 0.0000302. The van der Waals surface area contributed by atoms with Gasteiger partial charge < -0.3 is 14.6 Å². The first-order chi connectivity index (χ1) is 16.3. The second kappa shape index (κ2) is 9.23. The molecule has 0 aliphatic carbocycles. The van der Waals surface area contributed by atoms with Gasteiger partial charge in [0.2, 0.25) is 9.84 Å². The lowest BCUT2D eigenvalue weighted by molar-refractivity contribution is -0.117. The van der Waals surface area contributed by atoms with Crippen molar-refractivity contribution in [3.05, 3.63) is 94.6 Å². The molecule has 0 saturated heterocycles. The highest BCUT2D eigenvalue weighted by atomic mass is 32.2. The van der Waals surface area contributed by atoms with Crippen molar-refractivity contribution in [2.45, 2.75) is 24.8 Å². The maximum atomic E-state index is 13.7. The molecule has 0 spiro atoms. The molecular formula is C26H25NO6S. The summed E-state index contributed by atoms with van der Waals surface area (Å²) >= 11 is 0. The summed E-state index contributed by atoms with van der Waals surface area (Å²) in [6.45, 7) is 4.19. The normalized spacial score (nSPS) is 16.1. The minimum Gasteiger partial charge on any atom is -0.502 e. The van der Waals surface area contributed by atoms with Gasteiger partial charge in [0.15, 0.2) is 5.76 Å². The lowest BCUT2D eigenvalue weighted by atomic mass is 10.1. The van der Waals surface area contributed by atoms with Gasteiger partial charge in [-0.15, -0.1) is 0 Å². The summed E-state index contributed by atoms with van der Waals surface area (Å²) in [6.07, 6.45) is 0. The van der Waals surface area contributed by atoms with Crippen molar-refractivity contribution in [2.24, 2.45) is 0 Å². The molecule has 4 rings (SSSR count). The third kappa shape index (κ3) is 4.12. The molecule has 1 atom stereocenters. The summed E-state index contributed by atoms with van der Waals surface area (Å²) in [5, 5.41) is 10.9. The number of aliphatic hydroxyl groups is 1. The molecule has 1 aliphatic heterocycles. The Morgan fingerprint density at radius 2 is 1.50 bits per heavy atom. The number of hydrogen-bond donors (Lipinski definition) is 1. The van der Waals surface area contributed by atoms with Crippen LogP contribution in [0.25, 0.3) is 0 Å². The second-order valence-corrected chi connectivity index (χ2v) is 9.73. The molecule has 3 aromatic carbocycles. The van der Waals surface area contributed by atoms with Crippen molar-refractivity contribution in [2.75, 3.05) is 18.6 Å². The zero-order valence-electron chi connectivity index (χ0n) is 19.1. The van der Waals surface area contributed by atoms with Gasteiger partial charge >= 0.3 is 0 Å². The number of rotatable bonds is 7. The molecular weight excluding hydrogens is 454 g/mol. The standard InChI is InChI=1S/C26H25NO6S/c1-4-33-21-11-7-18(8-12-21)23-25(34(30,31)22-15-5-17(2)6-16-22)24(28)26(29)27(23)19-9-13-20(32-3)14-10-19/h5-16,23,28H,4H2,1-3H3/t23-/m0/s1. The van der Waals surface area contributed by atoms with Gasteiger partial charge in [-0.3, -0.25) is 9.69 Å². The molecule has 7 nitrogen and oxygen atoms in total. The summed E-state index contributed by atoms with van der Waals surface area (Å²) in [5.74, 6) is -0.398. The Morgan fingerprint density at radius 1 is 0.912 bits per heavy atom. The third-order valence-corrected chi connectivity index (χ3v) is 7.53. The SMILES string of the molecule is CCOc1ccc([C@H]2C(S(=O)(=O)c3ccc(C)cc3)=C(O)C(=O)N2c2ccc(OC)cc2)cc1. The Balaban J connectivity index is 1.88.